The van der Waals surface area contributed by atoms with Crippen molar-refractivity contribution in [2.75, 3.05) is 36.9 Å². The monoisotopic (exact) mass is 487 g/mol. The normalized spacial score (nSPS) is 10.5. The predicted molar refractivity (Wildman–Crippen MR) is 147 cm³/mol. The third-order valence-corrected chi connectivity index (χ3v) is 5.70. The van der Waals surface area contributed by atoms with E-state index in [4.69, 9.17) is 4.74 Å². The Morgan fingerprint density at radius 2 is 1.56 bits per heavy atom. The molecule has 0 aliphatic rings. The van der Waals surface area contributed by atoms with Gasteiger partial charge in [0.25, 0.3) is 5.91 Å². The second-order valence-electron chi connectivity index (χ2n) is 8.74. The average molecular weight is 488 g/mol. The minimum atomic E-state index is -0.165. The molecule has 190 valence electrons. The van der Waals surface area contributed by atoms with Gasteiger partial charge in [0.05, 0.1) is 13.2 Å². The molecule has 0 unspecified atom stereocenters. The Morgan fingerprint density at radius 3 is 2.25 bits per heavy atom. The van der Waals surface area contributed by atoms with Crippen LogP contribution in [0.25, 0.3) is 0 Å². The van der Waals surface area contributed by atoms with Crippen molar-refractivity contribution in [3.8, 4) is 5.75 Å². The fourth-order valence-electron chi connectivity index (χ4n) is 3.93. The SMILES string of the molecule is CCCN(CCC)C(=O)c1ccc(NC(=O)CNc2cccc(OCCCc3ccccc3)c2)cc1. The van der Waals surface area contributed by atoms with Crippen LogP contribution in [0, 0.1) is 0 Å². The van der Waals surface area contributed by atoms with Gasteiger partial charge in [-0.3, -0.25) is 9.59 Å². The number of amides is 2. The lowest BCUT2D eigenvalue weighted by Crippen LogP contribution is -2.32. The first-order chi connectivity index (χ1) is 17.6. The largest absolute Gasteiger partial charge is 0.494 e. The molecule has 3 aromatic rings. The van der Waals surface area contributed by atoms with Gasteiger partial charge in [0.1, 0.15) is 5.75 Å². The van der Waals surface area contributed by atoms with E-state index >= 15 is 0 Å². The number of aryl methyl sites for hydroxylation is 1. The Morgan fingerprint density at radius 1 is 0.833 bits per heavy atom. The van der Waals surface area contributed by atoms with Gasteiger partial charge in [0, 0.05) is 36.1 Å². The van der Waals surface area contributed by atoms with Crippen molar-refractivity contribution in [3.05, 3.63) is 90.0 Å². The minimum absolute atomic E-state index is 0.0282. The maximum atomic E-state index is 12.7. The zero-order chi connectivity index (χ0) is 25.6. The first-order valence-corrected chi connectivity index (χ1v) is 12.8. The third-order valence-electron chi connectivity index (χ3n) is 5.70. The molecule has 6 nitrogen and oxygen atoms in total. The molecule has 0 radical (unpaired) electrons. The van der Waals surface area contributed by atoms with Crippen molar-refractivity contribution < 1.29 is 14.3 Å². The predicted octanol–water partition coefficient (Wildman–Crippen LogP) is 6.01. The van der Waals surface area contributed by atoms with E-state index in [2.05, 4.69) is 36.6 Å². The summed E-state index contributed by atoms with van der Waals surface area (Å²) in [5.74, 6) is 0.635. The quantitative estimate of drug-likeness (QED) is 0.273. The fraction of sp³-hybridized carbons (Fsp3) is 0.333. The molecule has 0 fully saturated rings. The third kappa shape index (κ3) is 8.77. The van der Waals surface area contributed by atoms with Crippen LogP contribution in [0.15, 0.2) is 78.9 Å². The molecule has 0 saturated carbocycles. The topological polar surface area (TPSA) is 70.7 Å². The highest BCUT2D eigenvalue weighted by Gasteiger charge is 2.14. The highest BCUT2D eigenvalue weighted by Crippen LogP contribution is 2.18. The molecule has 0 bridgehead atoms. The van der Waals surface area contributed by atoms with Crippen LogP contribution in [0.5, 0.6) is 5.75 Å². The Labute approximate surface area is 214 Å². The van der Waals surface area contributed by atoms with Crippen LogP contribution in [0.2, 0.25) is 0 Å². The number of nitrogens with zero attached hydrogens (tertiary/aromatic N) is 1. The van der Waals surface area contributed by atoms with E-state index in [0.29, 0.717) is 17.9 Å². The summed E-state index contributed by atoms with van der Waals surface area (Å²) in [6.45, 7) is 6.39. The highest BCUT2D eigenvalue weighted by atomic mass is 16.5. The number of anilines is 2. The van der Waals surface area contributed by atoms with Crippen LogP contribution in [0.3, 0.4) is 0 Å². The Hall–Kier alpha value is -3.80. The summed E-state index contributed by atoms with van der Waals surface area (Å²) in [5.41, 5.74) is 3.41. The lowest BCUT2D eigenvalue weighted by molar-refractivity contribution is -0.114. The number of hydrogen-bond acceptors (Lipinski definition) is 4. The van der Waals surface area contributed by atoms with Crippen LogP contribution in [-0.4, -0.2) is 43.0 Å². The van der Waals surface area contributed by atoms with Gasteiger partial charge in [-0.25, -0.2) is 0 Å². The average Bonchev–Trinajstić information content (AvgIpc) is 2.91. The molecule has 0 heterocycles. The summed E-state index contributed by atoms with van der Waals surface area (Å²) >= 11 is 0. The van der Waals surface area contributed by atoms with E-state index in [0.717, 1.165) is 50.2 Å². The lowest BCUT2D eigenvalue weighted by Gasteiger charge is -2.21. The van der Waals surface area contributed by atoms with Crippen LogP contribution >= 0.6 is 0 Å². The van der Waals surface area contributed by atoms with Crippen LogP contribution in [0.1, 0.15) is 49.0 Å². The first-order valence-electron chi connectivity index (χ1n) is 12.8. The molecular formula is C30H37N3O3. The minimum Gasteiger partial charge on any atom is -0.494 e. The van der Waals surface area contributed by atoms with Crippen LogP contribution < -0.4 is 15.4 Å². The molecule has 2 N–H and O–H groups in total. The molecular weight excluding hydrogens is 450 g/mol. The van der Waals surface area contributed by atoms with Gasteiger partial charge in [-0.2, -0.15) is 0 Å². The molecule has 0 spiro atoms. The molecule has 3 rings (SSSR count). The molecule has 0 aliphatic heterocycles. The summed E-state index contributed by atoms with van der Waals surface area (Å²) in [6.07, 6.45) is 3.76. The molecule has 6 heteroatoms. The van der Waals surface area contributed by atoms with Gasteiger partial charge in [0.15, 0.2) is 0 Å². The Balaban J connectivity index is 1.43. The van der Waals surface area contributed by atoms with Crippen molar-refractivity contribution >= 4 is 23.2 Å². The Kier molecular flexibility index (Phi) is 10.8. The van der Waals surface area contributed by atoms with E-state index in [1.807, 2.05) is 47.4 Å². The van der Waals surface area contributed by atoms with Crippen molar-refractivity contribution in [2.45, 2.75) is 39.5 Å². The summed E-state index contributed by atoms with van der Waals surface area (Å²) in [7, 11) is 0. The summed E-state index contributed by atoms with van der Waals surface area (Å²) in [6, 6.07) is 25.1. The molecule has 0 saturated heterocycles. The molecule has 0 atom stereocenters. The van der Waals surface area contributed by atoms with Crippen LogP contribution in [-0.2, 0) is 11.2 Å². The van der Waals surface area contributed by atoms with E-state index in [-0.39, 0.29) is 18.4 Å². The van der Waals surface area contributed by atoms with Gasteiger partial charge >= 0.3 is 0 Å². The van der Waals surface area contributed by atoms with Gasteiger partial charge < -0.3 is 20.3 Å². The number of nitrogens with one attached hydrogen (secondary N) is 2. The van der Waals surface area contributed by atoms with E-state index < -0.39 is 0 Å². The van der Waals surface area contributed by atoms with E-state index in [1.54, 1.807) is 24.3 Å². The Bertz CT molecular complexity index is 1080. The number of benzene rings is 3. The molecule has 36 heavy (non-hydrogen) atoms. The van der Waals surface area contributed by atoms with Crippen LogP contribution in [0.4, 0.5) is 11.4 Å². The molecule has 0 aliphatic carbocycles. The summed E-state index contributed by atoms with van der Waals surface area (Å²) < 4.78 is 5.88. The number of rotatable bonds is 14. The van der Waals surface area contributed by atoms with Crippen molar-refractivity contribution in [3.63, 3.8) is 0 Å². The first kappa shape index (κ1) is 26.8. The molecule has 3 aromatic carbocycles. The second-order valence-corrected chi connectivity index (χ2v) is 8.74. The summed E-state index contributed by atoms with van der Waals surface area (Å²) in [5, 5.41) is 6.01. The molecule has 2 amide bonds. The van der Waals surface area contributed by atoms with E-state index in [9.17, 15) is 9.59 Å². The van der Waals surface area contributed by atoms with Gasteiger partial charge in [-0.1, -0.05) is 50.2 Å². The van der Waals surface area contributed by atoms with Gasteiger partial charge in [0.2, 0.25) is 5.91 Å². The van der Waals surface area contributed by atoms with E-state index in [1.165, 1.54) is 5.56 Å². The standard InChI is InChI=1S/C30H37N3O3/c1-3-19-33(20-4-2)30(35)25-15-17-26(18-16-25)32-29(34)23-31-27-13-8-14-28(22-27)36-21-9-12-24-10-6-5-7-11-24/h5-8,10-11,13-18,22,31H,3-4,9,12,19-21,23H2,1-2H3,(H,32,34). The smallest absolute Gasteiger partial charge is 0.253 e. The number of hydrogen-bond donors (Lipinski definition) is 2. The highest BCUT2D eigenvalue weighted by molar-refractivity contribution is 5.96. The van der Waals surface area contributed by atoms with Gasteiger partial charge in [-0.15, -0.1) is 0 Å². The van der Waals surface area contributed by atoms with Crippen molar-refractivity contribution in [2.24, 2.45) is 0 Å². The summed E-state index contributed by atoms with van der Waals surface area (Å²) in [4.78, 5) is 27.0. The molecule has 0 aromatic heterocycles. The number of carbonyl (C=O) groups is 2. The maximum Gasteiger partial charge on any atom is 0.253 e. The lowest BCUT2D eigenvalue weighted by atomic mass is 10.1. The van der Waals surface area contributed by atoms with Crippen molar-refractivity contribution in [1.29, 1.82) is 0 Å². The zero-order valence-electron chi connectivity index (χ0n) is 21.3. The van der Waals surface area contributed by atoms with Gasteiger partial charge in [-0.05, 0) is 67.6 Å². The number of carbonyl (C=O) groups excluding carboxylic acids is 2. The zero-order valence-corrected chi connectivity index (χ0v) is 21.3. The maximum absolute atomic E-state index is 12.7. The van der Waals surface area contributed by atoms with Crippen molar-refractivity contribution in [1.82, 2.24) is 4.90 Å². The second kappa shape index (κ2) is 14.6. The fourth-order valence-corrected chi connectivity index (χ4v) is 3.93. The number of ether oxygens (including phenoxy) is 1.